The Bertz CT molecular complexity index is 912. The van der Waals surface area contributed by atoms with Gasteiger partial charge in [-0.3, -0.25) is 14.7 Å². The van der Waals surface area contributed by atoms with Crippen LogP contribution in [0.5, 0.6) is 0 Å². The van der Waals surface area contributed by atoms with Crippen molar-refractivity contribution >= 4 is 0 Å². The zero-order chi connectivity index (χ0) is 17.2. The Labute approximate surface area is 144 Å². The Morgan fingerprint density at radius 2 is 2.00 bits per heavy atom. The molecule has 7 heteroatoms. The molecule has 0 amide bonds. The Morgan fingerprint density at radius 3 is 2.72 bits per heavy atom. The maximum atomic E-state index is 12.1. The van der Waals surface area contributed by atoms with Crippen molar-refractivity contribution in [2.75, 3.05) is 13.1 Å². The molecule has 0 aromatic carbocycles. The van der Waals surface area contributed by atoms with E-state index in [1.165, 1.54) is 0 Å². The highest BCUT2D eigenvalue weighted by atomic mass is 16.5. The third-order valence-electron chi connectivity index (χ3n) is 4.36. The molecule has 0 bridgehead atoms. The van der Waals surface area contributed by atoms with Crippen molar-refractivity contribution in [2.45, 2.75) is 20.0 Å². The van der Waals surface area contributed by atoms with Crippen LogP contribution in [0.15, 0.2) is 52.0 Å². The number of aromatic nitrogens is 4. The topological polar surface area (TPSA) is 77.0 Å². The van der Waals surface area contributed by atoms with Crippen LogP contribution in [0.2, 0.25) is 0 Å². The lowest BCUT2D eigenvalue weighted by molar-refractivity contribution is 0.0677. The molecule has 1 aliphatic heterocycles. The molecule has 4 rings (SSSR count). The molecule has 0 saturated carbocycles. The van der Waals surface area contributed by atoms with Gasteiger partial charge >= 0.3 is 0 Å². The van der Waals surface area contributed by atoms with Gasteiger partial charge in [0.05, 0.1) is 24.5 Å². The molecule has 0 unspecified atom stereocenters. The summed E-state index contributed by atoms with van der Waals surface area (Å²) in [6, 6.07) is 9.07. The number of hydrogen-bond acceptors (Lipinski definition) is 6. The maximum Gasteiger partial charge on any atom is 0.266 e. The van der Waals surface area contributed by atoms with Gasteiger partial charge in [-0.2, -0.15) is 5.10 Å². The van der Waals surface area contributed by atoms with Gasteiger partial charge in [0.25, 0.3) is 5.56 Å². The van der Waals surface area contributed by atoms with E-state index < -0.39 is 0 Å². The first-order chi connectivity index (χ1) is 12.2. The molecule has 0 spiro atoms. The Hall–Kier alpha value is -2.80. The minimum atomic E-state index is -0.0675. The molecule has 0 aliphatic carbocycles. The molecule has 0 radical (unpaired) electrons. The molecule has 4 heterocycles. The molecule has 3 aromatic heterocycles. The van der Waals surface area contributed by atoms with E-state index >= 15 is 0 Å². The van der Waals surface area contributed by atoms with Crippen LogP contribution in [-0.2, 0) is 13.1 Å². The first-order valence-corrected chi connectivity index (χ1v) is 8.30. The van der Waals surface area contributed by atoms with E-state index in [0.717, 1.165) is 42.3 Å². The van der Waals surface area contributed by atoms with Gasteiger partial charge in [-0.15, -0.1) is 0 Å². The van der Waals surface area contributed by atoms with Crippen LogP contribution < -0.4 is 5.56 Å². The predicted molar refractivity (Wildman–Crippen MR) is 91.7 cm³/mol. The summed E-state index contributed by atoms with van der Waals surface area (Å²) in [4.78, 5) is 18.4. The first-order valence-electron chi connectivity index (χ1n) is 8.30. The van der Waals surface area contributed by atoms with E-state index in [0.29, 0.717) is 12.5 Å². The average molecular weight is 337 g/mol. The Balaban J connectivity index is 1.39. The second kappa shape index (κ2) is 6.60. The van der Waals surface area contributed by atoms with Crippen molar-refractivity contribution in [3.05, 3.63) is 64.5 Å². The zero-order valence-electron chi connectivity index (χ0n) is 14.0. The van der Waals surface area contributed by atoms with Crippen molar-refractivity contribution in [3.8, 4) is 11.3 Å². The molecule has 1 fully saturated rings. The van der Waals surface area contributed by atoms with Gasteiger partial charge in [0.2, 0.25) is 0 Å². The third-order valence-corrected chi connectivity index (χ3v) is 4.36. The second-order valence-corrected chi connectivity index (χ2v) is 6.47. The van der Waals surface area contributed by atoms with Crippen LogP contribution in [0.4, 0.5) is 0 Å². The van der Waals surface area contributed by atoms with E-state index in [4.69, 9.17) is 4.52 Å². The minimum Gasteiger partial charge on any atom is -0.360 e. The van der Waals surface area contributed by atoms with E-state index in [9.17, 15) is 4.79 Å². The van der Waals surface area contributed by atoms with Gasteiger partial charge in [0.1, 0.15) is 0 Å². The summed E-state index contributed by atoms with van der Waals surface area (Å²) >= 11 is 0. The number of pyridine rings is 1. The summed E-state index contributed by atoms with van der Waals surface area (Å²) in [5.41, 5.74) is 2.58. The number of hydrogen-bond donors (Lipinski definition) is 0. The number of rotatable bonds is 5. The van der Waals surface area contributed by atoms with E-state index in [-0.39, 0.29) is 5.56 Å². The van der Waals surface area contributed by atoms with E-state index in [1.54, 1.807) is 29.2 Å². The third kappa shape index (κ3) is 3.51. The lowest BCUT2D eigenvalue weighted by atomic mass is 10.00. The van der Waals surface area contributed by atoms with Crippen LogP contribution in [0, 0.1) is 12.8 Å². The SMILES string of the molecule is Cc1cc(CN2CC(Cn3nc(-c4ccncc4)ccc3=O)C2)on1. The highest BCUT2D eigenvalue weighted by molar-refractivity contribution is 5.56. The lowest BCUT2D eigenvalue weighted by Crippen LogP contribution is -2.48. The van der Waals surface area contributed by atoms with Crippen LogP contribution in [0.1, 0.15) is 11.5 Å². The summed E-state index contributed by atoms with van der Waals surface area (Å²) in [6.07, 6.45) is 3.45. The van der Waals surface area contributed by atoms with E-state index in [2.05, 4.69) is 20.1 Å². The molecule has 0 atom stereocenters. The van der Waals surface area contributed by atoms with Crippen LogP contribution in [-0.4, -0.2) is 37.9 Å². The fraction of sp³-hybridized carbons (Fsp3) is 0.333. The highest BCUT2D eigenvalue weighted by Crippen LogP contribution is 2.20. The molecule has 1 saturated heterocycles. The van der Waals surface area contributed by atoms with Gasteiger partial charge in [-0.25, -0.2) is 4.68 Å². The van der Waals surface area contributed by atoms with Crippen LogP contribution in [0.3, 0.4) is 0 Å². The Morgan fingerprint density at radius 1 is 1.20 bits per heavy atom. The highest BCUT2D eigenvalue weighted by Gasteiger charge is 2.28. The second-order valence-electron chi connectivity index (χ2n) is 6.47. The smallest absolute Gasteiger partial charge is 0.266 e. The molecule has 128 valence electrons. The fourth-order valence-corrected chi connectivity index (χ4v) is 3.13. The van der Waals surface area contributed by atoms with Crippen LogP contribution in [0.25, 0.3) is 11.3 Å². The molecular weight excluding hydrogens is 318 g/mol. The van der Waals surface area contributed by atoms with Gasteiger partial charge in [-0.05, 0) is 25.1 Å². The quantitative estimate of drug-likeness (QED) is 0.706. The molecule has 7 nitrogen and oxygen atoms in total. The largest absolute Gasteiger partial charge is 0.360 e. The summed E-state index contributed by atoms with van der Waals surface area (Å²) < 4.78 is 6.81. The number of likely N-dealkylation sites (tertiary alicyclic amines) is 1. The Kier molecular flexibility index (Phi) is 4.15. The summed E-state index contributed by atoms with van der Waals surface area (Å²) in [7, 11) is 0. The van der Waals surface area contributed by atoms with Crippen molar-refractivity contribution in [1.82, 2.24) is 24.8 Å². The van der Waals surface area contributed by atoms with Crippen molar-refractivity contribution in [1.29, 1.82) is 0 Å². The standard InChI is InChI=1S/C18H19N5O2/c1-13-8-16(25-21-13)12-22-9-14(10-22)11-23-18(24)3-2-17(20-23)15-4-6-19-7-5-15/h2-8,14H,9-12H2,1H3. The summed E-state index contributed by atoms with van der Waals surface area (Å²) in [5.74, 6) is 1.30. The number of nitrogens with zero attached hydrogens (tertiary/aromatic N) is 5. The van der Waals surface area contributed by atoms with Gasteiger partial charge < -0.3 is 4.52 Å². The maximum absolute atomic E-state index is 12.1. The van der Waals surface area contributed by atoms with Gasteiger partial charge in [-0.1, -0.05) is 5.16 Å². The zero-order valence-corrected chi connectivity index (χ0v) is 14.0. The normalized spacial score (nSPS) is 15.2. The summed E-state index contributed by atoms with van der Waals surface area (Å²) in [5, 5.41) is 8.41. The van der Waals surface area contributed by atoms with Crippen molar-refractivity contribution < 1.29 is 4.52 Å². The minimum absolute atomic E-state index is 0.0675. The molecule has 0 N–H and O–H groups in total. The lowest BCUT2D eigenvalue weighted by Gasteiger charge is -2.38. The predicted octanol–water partition coefficient (Wildman–Crippen LogP) is 1.73. The fourth-order valence-electron chi connectivity index (χ4n) is 3.13. The average Bonchev–Trinajstić information content (AvgIpc) is 3.00. The van der Waals surface area contributed by atoms with Gasteiger partial charge in [0, 0.05) is 49.1 Å². The monoisotopic (exact) mass is 337 g/mol. The molecule has 3 aromatic rings. The number of aryl methyl sites for hydroxylation is 1. The van der Waals surface area contributed by atoms with Crippen molar-refractivity contribution in [3.63, 3.8) is 0 Å². The van der Waals surface area contributed by atoms with Crippen LogP contribution >= 0.6 is 0 Å². The van der Waals surface area contributed by atoms with Crippen molar-refractivity contribution in [2.24, 2.45) is 5.92 Å². The van der Waals surface area contributed by atoms with E-state index in [1.807, 2.05) is 25.1 Å². The van der Waals surface area contributed by atoms with Gasteiger partial charge in [0.15, 0.2) is 5.76 Å². The summed E-state index contributed by atoms with van der Waals surface area (Å²) in [6.45, 7) is 5.15. The molecule has 25 heavy (non-hydrogen) atoms. The molecular formula is C18H19N5O2. The first kappa shape index (κ1) is 15.7. The molecule has 1 aliphatic rings.